The van der Waals surface area contributed by atoms with Gasteiger partial charge in [-0.1, -0.05) is 31.2 Å². The minimum absolute atomic E-state index is 0. The molecule has 168 valence electrons. The molecule has 0 bridgehead atoms. The highest BCUT2D eigenvalue weighted by molar-refractivity contribution is 14.0. The Morgan fingerprint density at radius 1 is 1.30 bits per heavy atom. The standard InChI is InChI=1S/C23H35N3O3.HI/c1-5-24-22(26-14-18(3)19(15-26)21(27)28-4)25-16-23(10-12-29-13-11-23)20-9-7-6-8-17(20)2;/h6-9,18-19H,5,10-16H2,1-4H3,(H,24,25);1H. The van der Waals surface area contributed by atoms with Crippen LogP contribution < -0.4 is 5.32 Å². The number of hydrogen-bond donors (Lipinski definition) is 1. The molecule has 30 heavy (non-hydrogen) atoms. The summed E-state index contributed by atoms with van der Waals surface area (Å²) in [6, 6.07) is 8.65. The van der Waals surface area contributed by atoms with Crippen LogP contribution in [0, 0.1) is 18.8 Å². The van der Waals surface area contributed by atoms with Crippen LogP contribution in [0.25, 0.3) is 0 Å². The Kier molecular flexibility index (Phi) is 9.40. The smallest absolute Gasteiger partial charge is 0.310 e. The van der Waals surface area contributed by atoms with Gasteiger partial charge in [0.2, 0.25) is 0 Å². The molecule has 1 aromatic carbocycles. The van der Waals surface area contributed by atoms with Crippen LogP contribution in [0.5, 0.6) is 0 Å². The van der Waals surface area contributed by atoms with Crippen molar-refractivity contribution in [2.45, 2.75) is 39.0 Å². The van der Waals surface area contributed by atoms with E-state index >= 15 is 0 Å². The van der Waals surface area contributed by atoms with Crippen LogP contribution in [0.3, 0.4) is 0 Å². The lowest BCUT2D eigenvalue weighted by Gasteiger charge is -2.38. The van der Waals surface area contributed by atoms with E-state index in [0.29, 0.717) is 6.54 Å². The number of likely N-dealkylation sites (tertiary alicyclic amines) is 1. The molecule has 2 unspecified atom stereocenters. The number of methoxy groups -OCH3 is 1. The molecule has 1 N–H and O–H groups in total. The second-order valence-electron chi connectivity index (χ2n) is 8.39. The first-order valence-corrected chi connectivity index (χ1v) is 10.8. The van der Waals surface area contributed by atoms with Crippen molar-refractivity contribution in [2.75, 3.05) is 46.5 Å². The van der Waals surface area contributed by atoms with Crippen LogP contribution in [0.2, 0.25) is 0 Å². The molecule has 3 rings (SSSR count). The Bertz CT molecular complexity index is 734. The number of benzene rings is 1. The largest absolute Gasteiger partial charge is 0.469 e. The van der Waals surface area contributed by atoms with E-state index in [1.54, 1.807) is 0 Å². The summed E-state index contributed by atoms with van der Waals surface area (Å²) in [5.41, 5.74) is 2.69. The van der Waals surface area contributed by atoms with E-state index in [-0.39, 0.29) is 47.2 Å². The fraction of sp³-hybridized carbons (Fsp3) is 0.652. The Morgan fingerprint density at radius 2 is 2.00 bits per heavy atom. The van der Waals surface area contributed by atoms with E-state index in [1.807, 2.05) is 0 Å². The van der Waals surface area contributed by atoms with Gasteiger partial charge in [-0.2, -0.15) is 0 Å². The molecule has 2 aliphatic rings. The fourth-order valence-electron chi connectivity index (χ4n) is 4.69. The van der Waals surface area contributed by atoms with E-state index < -0.39 is 0 Å². The third kappa shape index (κ3) is 5.46. The summed E-state index contributed by atoms with van der Waals surface area (Å²) in [5, 5.41) is 3.44. The molecule has 1 aromatic rings. The third-order valence-electron chi connectivity index (χ3n) is 6.45. The van der Waals surface area contributed by atoms with Gasteiger partial charge < -0.3 is 19.7 Å². The van der Waals surface area contributed by atoms with Crippen molar-refractivity contribution < 1.29 is 14.3 Å². The molecule has 7 heteroatoms. The summed E-state index contributed by atoms with van der Waals surface area (Å²) in [4.78, 5) is 19.4. The number of rotatable bonds is 5. The van der Waals surface area contributed by atoms with Crippen molar-refractivity contribution >= 4 is 35.9 Å². The zero-order valence-corrected chi connectivity index (χ0v) is 21.0. The van der Waals surface area contributed by atoms with Gasteiger partial charge in [-0.05, 0) is 43.7 Å². The first-order valence-electron chi connectivity index (χ1n) is 10.8. The van der Waals surface area contributed by atoms with E-state index in [4.69, 9.17) is 14.5 Å². The molecular formula is C23H36IN3O3. The van der Waals surface area contributed by atoms with Crippen LogP contribution >= 0.6 is 24.0 Å². The van der Waals surface area contributed by atoms with E-state index in [9.17, 15) is 4.79 Å². The van der Waals surface area contributed by atoms with Gasteiger partial charge in [0.25, 0.3) is 0 Å². The summed E-state index contributed by atoms with van der Waals surface area (Å²) in [7, 11) is 1.47. The van der Waals surface area contributed by atoms with E-state index in [1.165, 1.54) is 18.2 Å². The minimum atomic E-state index is -0.128. The number of carbonyl (C=O) groups is 1. The summed E-state index contributed by atoms with van der Waals surface area (Å²) in [6.45, 7) is 10.9. The summed E-state index contributed by atoms with van der Waals surface area (Å²) >= 11 is 0. The lowest BCUT2D eigenvalue weighted by Crippen LogP contribution is -2.43. The van der Waals surface area contributed by atoms with Gasteiger partial charge >= 0.3 is 5.97 Å². The number of aliphatic imine (C=N–C) groups is 1. The molecule has 2 heterocycles. The maximum absolute atomic E-state index is 12.1. The molecular weight excluding hydrogens is 493 g/mol. The number of hydrogen-bond acceptors (Lipinski definition) is 4. The molecule has 2 atom stereocenters. The average molecular weight is 529 g/mol. The molecule has 2 saturated heterocycles. The molecule has 0 spiro atoms. The Labute approximate surface area is 197 Å². The van der Waals surface area contributed by atoms with Gasteiger partial charge in [0, 0.05) is 38.3 Å². The SMILES string of the molecule is CCNC(=NCC1(c2ccccc2C)CCOCC1)N1CC(C)C(C(=O)OC)C1.I. The number of guanidine groups is 1. The number of esters is 1. The number of halogens is 1. The third-order valence-corrected chi connectivity index (χ3v) is 6.45. The summed E-state index contributed by atoms with van der Waals surface area (Å²) in [5.74, 6) is 0.916. The number of ether oxygens (including phenoxy) is 2. The van der Waals surface area contributed by atoms with Gasteiger partial charge in [-0.15, -0.1) is 24.0 Å². The van der Waals surface area contributed by atoms with E-state index in [0.717, 1.165) is 51.6 Å². The van der Waals surface area contributed by atoms with Crippen molar-refractivity contribution in [3.63, 3.8) is 0 Å². The quantitative estimate of drug-likeness (QED) is 0.275. The highest BCUT2D eigenvalue weighted by Gasteiger charge is 2.38. The van der Waals surface area contributed by atoms with Gasteiger partial charge in [0.1, 0.15) is 0 Å². The Hall–Kier alpha value is -1.35. The monoisotopic (exact) mass is 529 g/mol. The summed E-state index contributed by atoms with van der Waals surface area (Å²) in [6.07, 6.45) is 1.95. The number of aryl methyl sites for hydroxylation is 1. The highest BCUT2D eigenvalue weighted by atomic mass is 127. The predicted molar refractivity (Wildman–Crippen MR) is 131 cm³/mol. The average Bonchev–Trinajstić information content (AvgIpc) is 3.13. The number of nitrogens with one attached hydrogen (secondary N) is 1. The molecule has 0 radical (unpaired) electrons. The fourth-order valence-corrected chi connectivity index (χ4v) is 4.69. The molecule has 6 nitrogen and oxygen atoms in total. The van der Waals surface area contributed by atoms with E-state index in [2.05, 4.69) is 55.3 Å². The van der Waals surface area contributed by atoms with Gasteiger partial charge in [-0.3, -0.25) is 9.79 Å². The first kappa shape index (κ1) is 24.9. The topological polar surface area (TPSA) is 63.2 Å². The highest BCUT2D eigenvalue weighted by Crippen LogP contribution is 2.37. The van der Waals surface area contributed by atoms with Crippen LogP contribution in [-0.2, 0) is 19.7 Å². The number of nitrogens with zero attached hydrogens (tertiary/aromatic N) is 2. The zero-order valence-electron chi connectivity index (χ0n) is 18.6. The lowest BCUT2D eigenvalue weighted by atomic mass is 9.72. The van der Waals surface area contributed by atoms with Crippen molar-refractivity contribution in [1.82, 2.24) is 10.2 Å². The zero-order chi connectivity index (χ0) is 20.9. The van der Waals surface area contributed by atoms with Crippen LogP contribution in [0.4, 0.5) is 0 Å². The lowest BCUT2D eigenvalue weighted by molar-refractivity contribution is -0.145. The first-order chi connectivity index (χ1) is 14.0. The van der Waals surface area contributed by atoms with Crippen LogP contribution in [0.1, 0.15) is 37.8 Å². The molecule has 2 aliphatic heterocycles. The van der Waals surface area contributed by atoms with Gasteiger partial charge in [0.15, 0.2) is 5.96 Å². The normalized spacial score (nSPS) is 23.6. The second-order valence-corrected chi connectivity index (χ2v) is 8.39. The summed E-state index contributed by atoms with van der Waals surface area (Å²) < 4.78 is 10.7. The van der Waals surface area contributed by atoms with Crippen molar-refractivity contribution in [1.29, 1.82) is 0 Å². The maximum Gasteiger partial charge on any atom is 0.310 e. The van der Waals surface area contributed by atoms with Crippen LogP contribution in [0.15, 0.2) is 29.3 Å². The molecule has 2 fully saturated rings. The second kappa shape index (κ2) is 11.3. The predicted octanol–water partition coefficient (Wildman–Crippen LogP) is 3.37. The minimum Gasteiger partial charge on any atom is -0.469 e. The van der Waals surface area contributed by atoms with Crippen molar-refractivity contribution in [3.8, 4) is 0 Å². The van der Waals surface area contributed by atoms with Crippen molar-refractivity contribution in [3.05, 3.63) is 35.4 Å². The van der Waals surface area contributed by atoms with Crippen LogP contribution in [-0.4, -0.2) is 63.3 Å². The molecule has 0 saturated carbocycles. The number of carbonyl (C=O) groups excluding carboxylic acids is 1. The maximum atomic E-state index is 12.1. The Balaban J connectivity index is 0.00000320. The molecule has 0 aliphatic carbocycles. The Morgan fingerprint density at radius 3 is 2.63 bits per heavy atom. The van der Waals surface area contributed by atoms with Gasteiger partial charge in [0.05, 0.1) is 19.6 Å². The van der Waals surface area contributed by atoms with Gasteiger partial charge in [-0.25, -0.2) is 0 Å². The van der Waals surface area contributed by atoms with Crippen molar-refractivity contribution in [2.24, 2.45) is 16.8 Å². The molecule has 0 aromatic heterocycles. The molecule has 0 amide bonds.